The summed E-state index contributed by atoms with van der Waals surface area (Å²) in [6.07, 6.45) is 3.03. The number of imidazole rings is 1. The Morgan fingerprint density at radius 1 is 1.24 bits per heavy atom. The molecule has 1 aliphatic carbocycles. The van der Waals surface area contributed by atoms with Crippen LogP contribution in [0.4, 0.5) is 5.69 Å². The summed E-state index contributed by atoms with van der Waals surface area (Å²) in [4.78, 5) is 4.63. The average molecular weight is 287 g/mol. The number of hydrogen-bond acceptors (Lipinski definition) is 3. The van der Waals surface area contributed by atoms with Crippen LogP contribution in [0.3, 0.4) is 0 Å². The van der Waals surface area contributed by atoms with Gasteiger partial charge in [-0.05, 0) is 56.2 Å². The van der Waals surface area contributed by atoms with Crippen LogP contribution in [0.2, 0.25) is 0 Å². The van der Waals surface area contributed by atoms with E-state index >= 15 is 0 Å². The highest BCUT2D eigenvalue weighted by molar-refractivity contribution is 5.80. The van der Waals surface area contributed by atoms with E-state index in [1.807, 2.05) is 18.2 Å². The van der Waals surface area contributed by atoms with Crippen molar-refractivity contribution in [2.75, 3.05) is 5.73 Å². The summed E-state index contributed by atoms with van der Waals surface area (Å²) < 4.78 is 2.26. The molecular weight excluding hydrogens is 262 g/mol. The maximum atomic E-state index is 10.1. The first-order chi connectivity index (χ1) is 9.95. The lowest BCUT2D eigenvalue weighted by atomic mass is 9.80. The molecule has 0 bridgehead atoms. The fourth-order valence-corrected chi connectivity index (χ4v) is 3.93. The van der Waals surface area contributed by atoms with Crippen molar-refractivity contribution in [3.8, 4) is 0 Å². The molecule has 3 N–H and O–H groups in total. The van der Waals surface area contributed by atoms with E-state index in [2.05, 4.69) is 23.4 Å². The Labute approximate surface area is 126 Å². The van der Waals surface area contributed by atoms with E-state index in [1.54, 1.807) is 6.92 Å². The first kappa shape index (κ1) is 14.4. The molecule has 0 spiro atoms. The van der Waals surface area contributed by atoms with Crippen LogP contribution >= 0.6 is 0 Å². The molecule has 21 heavy (non-hydrogen) atoms. The van der Waals surface area contributed by atoms with Crippen molar-refractivity contribution in [1.29, 1.82) is 0 Å². The molecule has 3 rings (SSSR count). The first-order valence-corrected chi connectivity index (χ1v) is 7.91. The van der Waals surface area contributed by atoms with E-state index < -0.39 is 6.10 Å². The van der Waals surface area contributed by atoms with Gasteiger partial charge in [0.2, 0.25) is 0 Å². The van der Waals surface area contributed by atoms with Gasteiger partial charge in [-0.25, -0.2) is 4.98 Å². The quantitative estimate of drug-likeness (QED) is 0.828. The molecule has 1 saturated carbocycles. The van der Waals surface area contributed by atoms with E-state index in [9.17, 15) is 5.11 Å². The number of nitrogens with zero attached hydrogens (tertiary/aromatic N) is 2. The van der Waals surface area contributed by atoms with Gasteiger partial charge in [0.05, 0.1) is 11.0 Å². The Bertz CT molecular complexity index is 637. The molecular formula is C17H25N3O. The van der Waals surface area contributed by atoms with Gasteiger partial charge in [-0.3, -0.25) is 0 Å². The van der Waals surface area contributed by atoms with Gasteiger partial charge in [0.25, 0.3) is 0 Å². The smallest absolute Gasteiger partial charge is 0.138 e. The van der Waals surface area contributed by atoms with E-state index in [-0.39, 0.29) is 0 Å². The highest BCUT2D eigenvalue weighted by atomic mass is 16.3. The maximum Gasteiger partial charge on any atom is 0.138 e. The lowest BCUT2D eigenvalue weighted by Gasteiger charge is -2.33. The minimum Gasteiger partial charge on any atom is -0.399 e. The van der Waals surface area contributed by atoms with E-state index in [0.29, 0.717) is 17.9 Å². The summed E-state index contributed by atoms with van der Waals surface area (Å²) in [5, 5.41) is 10.1. The standard InChI is InChI=1S/C17H25N3O/c1-10-6-11(2)8-14(7-10)20-16-5-4-13(18)9-15(16)19-17(20)12(3)21/h4-5,9-12,14,21H,6-8,18H2,1-3H3. The van der Waals surface area contributed by atoms with E-state index in [1.165, 1.54) is 6.42 Å². The Kier molecular flexibility index (Phi) is 3.66. The number of nitrogens with two attached hydrogens (primary N) is 1. The molecule has 4 nitrogen and oxygen atoms in total. The second-order valence-electron chi connectivity index (χ2n) is 6.84. The molecule has 0 aliphatic heterocycles. The molecule has 4 heteroatoms. The fraction of sp³-hybridized carbons (Fsp3) is 0.588. The summed E-state index contributed by atoms with van der Waals surface area (Å²) in [5.41, 5.74) is 8.56. The third-order valence-corrected chi connectivity index (χ3v) is 4.63. The molecule has 114 valence electrons. The van der Waals surface area contributed by atoms with Gasteiger partial charge in [0.15, 0.2) is 0 Å². The second kappa shape index (κ2) is 5.34. The van der Waals surface area contributed by atoms with Crippen LogP contribution < -0.4 is 5.73 Å². The van der Waals surface area contributed by atoms with Gasteiger partial charge in [0.1, 0.15) is 11.9 Å². The lowest BCUT2D eigenvalue weighted by Crippen LogP contribution is -2.24. The van der Waals surface area contributed by atoms with Crippen molar-refractivity contribution in [3.63, 3.8) is 0 Å². The monoisotopic (exact) mass is 287 g/mol. The summed E-state index contributed by atoms with van der Waals surface area (Å²) in [7, 11) is 0. The summed E-state index contributed by atoms with van der Waals surface area (Å²) in [6, 6.07) is 6.27. The number of aromatic nitrogens is 2. The van der Waals surface area contributed by atoms with Crippen molar-refractivity contribution in [3.05, 3.63) is 24.0 Å². The summed E-state index contributed by atoms with van der Waals surface area (Å²) in [6.45, 7) is 6.43. The number of anilines is 1. The van der Waals surface area contributed by atoms with Crippen LogP contribution in [0, 0.1) is 11.8 Å². The normalized spacial score (nSPS) is 27.9. The minimum atomic E-state index is -0.564. The lowest BCUT2D eigenvalue weighted by molar-refractivity contribution is 0.166. The zero-order valence-electron chi connectivity index (χ0n) is 13.1. The van der Waals surface area contributed by atoms with Crippen molar-refractivity contribution >= 4 is 16.7 Å². The topological polar surface area (TPSA) is 64.1 Å². The van der Waals surface area contributed by atoms with Gasteiger partial charge in [0, 0.05) is 11.7 Å². The van der Waals surface area contributed by atoms with Crippen LogP contribution in [-0.2, 0) is 0 Å². The van der Waals surface area contributed by atoms with Gasteiger partial charge in [-0.15, -0.1) is 0 Å². The molecule has 1 heterocycles. The third-order valence-electron chi connectivity index (χ3n) is 4.63. The van der Waals surface area contributed by atoms with Gasteiger partial charge < -0.3 is 15.4 Å². The van der Waals surface area contributed by atoms with Crippen molar-refractivity contribution in [2.24, 2.45) is 11.8 Å². The number of rotatable bonds is 2. The molecule has 1 aromatic heterocycles. The van der Waals surface area contributed by atoms with E-state index in [0.717, 1.165) is 35.4 Å². The third kappa shape index (κ3) is 2.64. The Balaban J connectivity index is 2.13. The minimum absolute atomic E-state index is 0.418. The second-order valence-corrected chi connectivity index (χ2v) is 6.84. The first-order valence-electron chi connectivity index (χ1n) is 7.91. The highest BCUT2D eigenvalue weighted by Crippen LogP contribution is 2.39. The largest absolute Gasteiger partial charge is 0.399 e. The zero-order chi connectivity index (χ0) is 15.1. The molecule has 1 aliphatic rings. The molecule has 0 amide bonds. The van der Waals surface area contributed by atoms with Crippen LogP contribution in [0.1, 0.15) is 58.0 Å². The average Bonchev–Trinajstić information content (AvgIpc) is 2.76. The Morgan fingerprint density at radius 2 is 1.90 bits per heavy atom. The zero-order valence-corrected chi connectivity index (χ0v) is 13.1. The fourth-order valence-electron chi connectivity index (χ4n) is 3.93. The molecule has 3 unspecified atom stereocenters. The van der Waals surface area contributed by atoms with Gasteiger partial charge >= 0.3 is 0 Å². The SMILES string of the molecule is CC1CC(C)CC(n2c(C(C)O)nc3cc(N)ccc32)C1. The molecule has 1 fully saturated rings. The number of benzene rings is 1. The molecule has 3 atom stereocenters. The Morgan fingerprint density at radius 3 is 2.52 bits per heavy atom. The maximum absolute atomic E-state index is 10.1. The number of aliphatic hydroxyl groups is 1. The van der Waals surface area contributed by atoms with Crippen LogP contribution in [-0.4, -0.2) is 14.7 Å². The van der Waals surface area contributed by atoms with Crippen molar-refractivity contribution in [2.45, 2.75) is 52.2 Å². The molecule has 0 radical (unpaired) electrons. The molecule has 2 aromatic rings. The Hall–Kier alpha value is -1.55. The van der Waals surface area contributed by atoms with Crippen molar-refractivity contribution in [1.82, 2.24) is 9.55 Å². The van der Waals surface area contributed by atoms with Crippen LogP contribution in [0.15, 0.2) is 18.2 Å². The van der Waals surface area contributed by atoms with E-state index in [4.69, 9.17) is 5.73 Å². The molecule has 1 aromatic carbocycles. The predicted octanol–water partition coefficient (Wildman–Crippen LogP) is 3.67. The van der Waals surface area contributed by atoms with Crippen molar-refractivity contribution < 1.29 is 5.11 Å². The highest BCUT2D eigenvalue weighted by Gasteiger charge is 2.29. The number of hydrogen-bond donors (Lipinski definition) is 2. The van der Waals surface area contributed by atoms with Gasteiger partial charge in [-0.1, -0.05) is 13.8 Å². The predicted molar refractivity (Wildman–Crippen MR) is 86.0 cm³/mol. The summed E-state index contributed by atoms with van der Waals surface area (Å²) in [5.74, 6) is 2.19. The van der Waals surface area contributed by atoms with Crippen LogP contribution in [0.25, 0.3) is 11.0 Å². The number of nitrogen functional groups attached to an aromatic ring is 1. The number of fused-ring (bicyclic) bond motifs is 1. The van der Waals surface area contributed by atoms with Crippen LogP contribution in [0.5, 0.6) is 0 Å². The number of aliphatic hydroxyl groups excluding tert-OH is 1. The van der Waals surface area contributed by atoms with Gasteiger partial charge in [-0.2, -0.15) is 0 Å². The summed E-state index contributed by atoms with van der Waals surface area (Å²) >= 11 is 0. The molecule has 0 saturated heterocycles.